The molecule has 1 atom stereocenters. The van der Waals surface area contributed by atoms with Gasteiger partial charge in [-0.2, -0.15) is 0 Å². The summed E-state index contributed by atoms with van der Waals surface area (Å²) in [5.41, 5.74) is -0.463. The molecule has 0 aromatic heterocycles. The van der Waals surface area contributed by atoms with Crippen molar-refractivity contribution < 1.29 is 14.6 Å². The third-order valence-corrected chi connectivity index (χ3v) is 1.97. The third-order valence-electron chi connectivity index (χ3n) is 1.97. The average Bonchev–Trinajstić information content (AvgIpc) is 2.14. The van der Waals surface area contributed by atoms with Gasteiger partial charge in [0.25, 0.3) is 0 Å². The van der Waals surface area contributed by atoms with Crippen LogP contribution in [0.2, 0.25) is 0 Å². The van der Waals surface area contributed by atoms with Crippen LogP contribution in [-0.4, -0.2) is 42.5 Å². The van der Waals surface area contributed by atoms with Crippen LogP contribution in [0.15, 0.2) is 0 Å². The first kappa shape index (κ1) is 16.2. The topological polar surface area (TPSA) is 70.6 Å². The SMILES string of the molecule is CCCC(O)CNCCNC(=O)OC(C)(C)C. The van der Waals surface area contributed by atoms with Gasteiger partial charge >= 0.3 is 6.09 Å². The summed E-state index contributed by atoms with van der Waals surface area (Å²) in [6.07, 6.45) is 1.06. The molecule has 5 nitrogen and oxygen atoms in total. The van der Waals surface area contributed by atoms with Gasteiger partial charge in [-0.3, -0.25) is 0 Å². The van der Waals surface area contributed by atoms with Gasteiger partial charge in [0.1, 0.15) is 5.60 Å². The second-order valence-corrected chi connectivity index (χ2v) is 5.08. The Morgan fingerprint density at radius 3 is 2.53 bits per heavy atom. The fourth-order valence-corrected chi connectivity index (χ4v) is 1.27. The minimum atomic E-state index is -0.463. The second kappa shape index (κ2) is 8.31. The molecule has 0 rings (SSSR count). The number of aliphatic hydroxyl groups excluding tert-OH is 1. The van der Waals surface area contributed by atoms with Gasteiger partial charge in [-0.15, -0.1) is 0 Å². The predicted molar refractivity (Wildman–Crippen MR) is 68.0 cm³/mol. The van der Waals surface area contributed by atoms with E-state index in [2.05, 4.69) is 10.6 Å². The maximum atomic E-state index is 11.2. The molecule has 0 aromatic carbocycles. The van der Waals surface area contributed by atoms with Gasteiger partial charge in [0, 0.05) is 19.6 Å². The van der Waals surface area contributed by atoms with Crippen LogP contribution in [0, 0.1) is 0 Å². The van der Waals surface area contributed by atoms with Gasteiger partial charge in [0.15, 0.2) is 0 Å². The third kappa shape index (κ3) is 11.5. The number of rotatable bonds is 7. The summed E-state index contributed by atoms with van der Waals surface area (Å²) in [7, 11) is 0. The first-order chi connectivity index (χ1) is 7.85. The minimum absolute atomic E-state index is 0.304. The number of carbonyl (C=O) groups excluding carboxylic acids is 1. The molecule has 1 amide bonds. The fraction of sp³-hybridized carbons (Fsp3) is 0.917. The van der Waals surface area contributed by atoms with Crippen molar-refractivity contribution in [2.45, 2.75) is 52.2 Å². The maximum absolute atomic E-state index is 11.2. The second-order valence-electron chi connectivity index (χ2n) is 5.08. The van der Waals surface area contributed by atoms with Gasteiger partial charge in [-0.1, -0.05) is 13.3 Å². The molecule has 3 N–H and O–H groups in total. The molecule has 0 spiro atoms. The van der Waals surface area contributed by atoms with E-state index in [0.29, 0.717) is 19.6 Å². The summed E-state index contributed by atoms with van der Waals surface area (Å²) in [5.74, 6) is 0. The van der Waals surface area contributed by atoms with Crippen LogP contribution >= 0.6 is 0 Å². The van der Waals surface area contributed by atoms with Crippen LogP contribution in [0.3, 0.4) is 0 Å². The fourth-order valence-electron chi connectivity index (χ4n) is 1.27. The molecule has 0 heterocycles. The van der Waals surface area contributed by atoms with Crippen LogP contribution in [0.25, 0.3) is 0 Å². The Morgan fingerprint density at radius 2 is 2.00 bits per heavy atom. The number of carbonyl (C=O) groups is 1. The van der Waals surface area contributed by atoms with Crippen molar-refractivity contribution >= 4 is 6.09 Å². The summed E-state index contributed by atoms with van der Waals surface area (Å²) in [4.78, 5) is 11.2. The molecule has 0 aliphatic heterocycles. The lowest BCUT2D eigenvalue weighted by atomic mass is 10.2. The van der Waals surface area contributed by atoms with Crippen molar-refractivity contribution in [3.63, 3.8) is 0 Å². The smallest absolute Gasteiger partial charge is 0.407 e. The van der Waals surface area contributed by atoms with Crippen LogP contribution in [0.4, 0.5) is 4.79 Å². The van der Waals surface area contributed by atoms with Gasteiger partial charge in [-0.05, 0) is 27.2 Å². The lowest BCUT2D eigenvalue weighted by molar-refractivity contribution is 0.0528. The molecule has 102 valence electrons. The Morgan fingerprint density at radius 1 is 1.35 bits per heavy atom. The molecule has 1 unspecified atom stereocenters. The standard InChI is InChI=1S/C12H26N2O3/c1-5-6-10(15)9-13-7-8-14-11(16)17-12(2,3)4/h10,13,15H,5-9H2,1-4H3,(H,14,16). The summed E-state index contributed by atoms with van der Waals surface area (Å²) >= 11 is 0. The zero-order chi connectivity index (χ0) is 13.3. The zero-order valence-electron chi connectivity index (χ0n) is 11.4. The molecule has 17 heavy (non-hydrogen) atoms. The number of nitrogens with one attached hydrogen (secondary N) is 2. The van der Waals surface area contributed by atoms with Crippen molar-refractivity contribution in [3.05, 3.63) is 0 Å². The maximum Gasteiger partial charge on any atom is 0.407 e. The van der Waals surface area contributed by atoms with E-state index in [-0.39, 0.29) is 6.10 Å². The predicted octanol–water partition coefficient (Wildman–Crippen LogP) is 1.26. The highest BCUT2D eigenvalue weighted by atomic mass is 16.6. The molecule has 0 aliphatic carbocycles. The van der Waals surface area contributed by atoms with E-state index in [1.165, 1.54) is 0 Å². The van der Waals surface area contributed by atoms with Crippen molar-refractivity contribution in [1.82, 2.24) is 10.6 Å². The van der Waals surface area contributed by atoms with Crippen LogP contribution in [0.1, 0.15) is 40.5 Å². The molecular weight excluding hydrogens is 220 g/mol. The van der Waals surface area contributed by atoms with Crippen molar-refractivity contribution in [2.24, 2.45) is 0 Å². The number of hydrogen-bond donors (Lipinski definition) is 3. The molecule has 0 aliphatic rings. The minimum Gasteiger partial charge on any atom is -0.444 e. The van der Waals surface area contributed by atoms with E-state index in [9.17, 15) is 9.90 Å². The molecule has 0 saturated heterocycles. The van der Waals surface area contributed by atoms with Gasteiger partial charge in [-0.25, -0.2) is 4.79 Å². The lowest BCUT2D eigenvalue weighted by Crippen LogP contribution is -2.38. The number of hydrogen-bond acceptors (Lipinski definition) is 4. The Labute approximate surface area is 104 Å². The van der Waals surface area contributed by atoms with E-state index in [0.717, 1.165) is 12.8 Å². The highest BCUT2D eigenvalue weighted by molar-refractivity contribution is 5.67. The Balaban J connectivity index is 3.43. The summed E-state index contributed by atoms with van der Waals surface area (Å²) in [5, 5.41) is 15.1. The van der Waals surface area contributed by atoms with E-state index in [1.807, 2.05) is 27.7 Å². The number of aliphatic hydroxyl groups is 1. The van der Waals surface area contributed by atoms with Gasteiger partial charge in [0.2, 0.25) is 0 Å². The monoisotopic (exact) mass is 246 g/mol. The van der Waals surface area contributed by atoms with Crippen molar-refractivity contribution in [2.75, 3.05) is 19.6 Å². The molecule has 0 fully saturated rings. The summed E-state index contributed by atoms with van der Waals surface area (Å²) < 4.78 is 5.08. The first-order valence-corrected chi connectivity index (χ1v) is 6.20. The van der Waals surface area contributed by atoms with Crippen LogP contribution in [-0.2, 0) is 4.74 Å². The van der Waals surface area contributed by atoms with E-state index in [1.54, 1.807) is 0 Å². The molecule has 0 bridgehead atoms. The summed E-state index contributed by atoms with van der Waals surface area (Å²) in [6.45, 7) is 9.19. The molecule has 0 aromatic rings. The van der Waals surface area contributed by atoms with E-state index < -0.39 is 11.7 Å². The van der Waals surface area contributed by atoms with E-state index in [4.69, 9.17) is 4.74 Å². The van der Waals surface area contributed by atoms with E-state index >= 15 is 0 Å². The lowest BCUT2D eigenvalue weighted by Gasteiger charge is -2.19. The quantitative estimate of drug-likeness (QED) is 0.591. The molecule has 0 radical (unpaired) electrons. The largest absolute Gasteiger partial charge is 0.444 e. The first-order valence-electron chi connectivity index (χ1n) is 6.20. The van der Waals surface area contributed by atoms with Gasteiger partial charge in [0.05, 0.1) is 6.10 Å². The van der Waals surface area contributed by atoms with Crippen LogP contribution in [0.5, 0.6) is 0 Å². The zero-order valence-corrected chi connectivity index (χ0v) is 11.4. The Hall–Kier alpha value is -0.810. The highest BCUT2D eigenvalue weighted by Crippen LogP contribution is 2.05. The summed E-state index contributed by atoms with van der Waals surface area (Å²) in [6, 6.07) is 0. The number of amides is 1. The number of alkyl carbamates (subject to hydrolysis) is 1. The Bertz CT molecular complexity index is 214. The number of ether oxygens (including phenoxy) is 1. The molecule has 5 heteroatoms. The van der Waals surface area contributed by atoms with Crippen molar-refractivity contribution in [1.29, 1.82) is 0 Å². The Kier molecular flexibility index (Phi) is 7.91. The van der Waals surface area contributed by atoms with Crippen LogP contribution < -0.4 is 10.6 Å². The normalized spacial score (nSPS) is 13.2. The molecule has 0 saturated carbocycles. The van der Waals surface area contributed by atoms with Crippen molar-refractivity contribution in [3.8, 4) is 0 Å². The highest BCUT2D eigenvalue weighted by Gasteiger charge is 2.15. The average molecular weight is 246 g/mol. The van der Waals surface area contributed by atoms with Gasteiger partial charge < -0.3 is 20.5 Å². The molecular formula is C12H26N2O3.